The van der Waals surface area contributed by atoms with E-state index in [2.05, 4.69) is 27.2 Å². The zero-order chi connectivity index (χ0) is 19.5. The Kier molecular flexibility index (Phi) is 5.79. The number of piperazine rings is 1. The van der Waals surface area contributed by atoms with Crippen LogP contribution in [-0.4, -0.2) is 51.9 Å². The molecule has 1 fully saturated rings. The van der Waals surface area contributed by atoms with Crippen molar-refractivity contribution in [3.05, 3.63) is 57.2 Å². The van der Waals surface area contributed by atoms with E-state index in [0.717, 1.165) is 36.8 Å². The summed E-state index contributed by atoms with van der Waals surface area (Å²) < 4.78 is 13.9. The highest BCUT2D eigenvalue weighted by Gasteiger charge is 2.24. The number of hydrogen-bond acceptors (Lipinski definition) is 6. The van der Waals surface area contributed by atoms with E-state index in [-0.39, 0.29) is 11.7 Å². The van der Waals surface area contributed by atoms with E-state index in [1.807, 2.05) is 4.90 Å². The number of amides is 1. The lowest BCUT2D eigenvalue weighted by Crippen LogP contribution is -2.48. The van der Waals surface area contributed by atoms with Crippen LogP contribution in [0.15, 0.2) is 35.0 Å². The van der Waals surface area contributed by atoms with Crippen LogP contribution in [0.25, 0.3) is 10.6 Å². The Morgan fingerprint density at radius 2 is 1.89 bits per heavy atom. The first-order valence-electron chi connectivity index (χ1n) is 9.29. The van der Waals surface area contributed by atoms with Gasteiger partial charge in [-0.2, -0.15) is 0 Å². The first kappa shape index (κ1) is 19.2. The Hall–Kier alpha value is -2.16. The lowest BCUT2D eigenvalue weighted by atomic mass is 10.2. The van der Waals surface area contributed by atoms with E-state index in [0.29, 0.717) is 29.4 Å². The summed E-state index contributed by atoms with van der Waals surface area (Å²) in [6, 6.07) is 6.51. The standard InChI is InChI=1S/C20H21FN4OS2/c1-2-18-22-14(12-27-18)11-24-7-9-25(10-8-24)20(26)17-13-28-19(23-17)15-5-3-4-6-16(15)21/h3-6,12-13H,2,7-11H2,1H3. The molecule has 1 aliphatic heterocycles. The molecule has 1 amide bonds. The maximum Gasteiger partial charge on any atom is 0.273 e. The van der Waals surface area contributed by atoms with E-state index in [1.165, 1.54) is 17.4 Å². The summed E-state index contributed by atoms with van der Waals surface area (Å²) in [4.78, 5) is 25.9. The van der Waals surface area contributed by atoms with Gasteiger partial charge in [0.25, 0.3) is 5.91 Å². The molecule has 0 radical (unpaired) electrons. The Bertz CT molecular complexity index is 963. The number of nitrogens with zero attached hydrogens (tertiary/aromatic N) is 4. The lowest BCUT2D eigenvalue weighted by molar-refractivity contribution is 0.0622. The van der Waals surface area contributed by atoms with Gasteiger partial charge in [-0.15, -0.1) is 22.7 Å². The molecule has 1 aliphatic rings. The van der Waals surface area contributed by atoms with Crippen LogP contribution in [-0.2, 0) is 13.0 Å². The number of thiazole rings is 2. The summed E-state index contributed by atoms with van der Waals surface area (Å²) in [5.74, 6) is -0.404. The topological polar surface area (TPSA) is 49.3 Å². The smallest absolute Gasteiger partial charge is 0.273 e. The Morgan fingerprint density at radius 1 is 1.11 bits per heavy atom. The van der Waals surface area contributed by atoms with E-state index in [4.69, 9.17) is 0 Å². The minimum atomic E-state index is -0.322. The van der Waals surface area contributed by atoms with Crippen molar-refractivity contribution < 1.29 is 9.18 Å². The molecule has 0 saturated carbocycles. The fraction of sp³-hybridized carbons (Fsp3) is 0.350. The molecule has 0 bridgehead atoms. The van der Waals surface area contributed by atoms with Gasteiger partial charge in [-0.05, 0) is 18.6 Å². The number of rotatable bonds is 5. The molecule has 0 N–H and O–H groups in total. The highest BCUT2D eigenvalue weighted by atomic mass is 32.1. The summed E-state index contributed by atoms with van der Waals surface area (Å²) in [6.07, 6.45) is 0.968. The summed E-state index contributed by atoms with van der Waals surface area (Å²) in [6.45, 7) is 5.89. The molecule has 0 unspecified atom stereocenters. The van der Waals surface area contributed by atoms with Gasteiger partial charge in [0.15, 0.2) is 0 Å². The number of carbonyl (C=O) groups is 1. The number of aryl methyl sites for hydroxylation is 1. The minimum Gasteiger partial charge on any atom is -0.335 e. The molecule has 4 rings (SSSR count). The maximum atomic E-state index is 13.9. The largest absolute Gasteiger partial charge is 0.335 e. The first-order valence-corrected chi connectivity index (χ1v) is 11.1. The van der Waals surface area contributed by atoms with Crippen molar-refractivity contribution in [2.45, 2.75) is 19.9 Å². The van der Waals surface area contributed by atoms with Gasteiger partial charge >= 0.3 is 0 Å². The molecule has 1 saturated heterocycles. The molecule has 5 nitrogen and oxygen atoms in total. The highest BCUT2D eigenvalue weighted by molar-refractivity contribution is 7.13. The van der Waals surface area contributed by atoms with Crippen molar-refractivity contribution in [3.8, 4) is 10.6 Å². The summed E-state index contributed by atoms with van der Waals surface area (Å²) in [5, 5.41) is 5.54. The first-order chi connectivity index (χ1) is 13.6. The van der Waals surface area contributed by atoms with Gasteiger partial charge < -0.3 is 4.90 Å². The average Bonchev–Trinajstić information content (AvgIpc) is 3.38. The monoisotopic (exact) mass is 416 g/mol. The predicted molar refractivity (Wildman–Crippen MR) is 110 cm³/mol. The van der Waals surface area contributed by atoms with Gasteiger partial charge in [-0.3, -0.25) is 9.69 Å². The second kappa shape index (κ2) is 8.46. The van der Waals surface area contributed by atoms with Gasteiger partial charge in [-0.1, -0.05) is 19.1 Å². The van der Waals surface area contributed by atoms with Crippen LogP contribution in [0.5, 0.6) is 0 Å². The van der Waals surface area contributed by atoms with Gasteiger partial charge in [0.05, 0.1) is 10.7 Å². The van der Waals surface area contributed by atoms with Crippen LogP contribution in [0.4, 0.5) is 4.39 Å². The molecule has 146 valence electrons. The molecule has 0 atom stereocenters. The second-order valence-corrected chi connectivity index (χ2v) is 8.47. The minimum absolute atomic E-state index is 0.0829. The van der Waals surface area contributed by atoms with E-state index >= 15 is 0 Å². The van der Waals surface area contributed by atoms with Crippen molar-refractivity contribution in [1.29, 1.82) is 0 Å². The Labute approximate surface area is 171 Å². The van der Waals surface area contributed by atoms with E-state index < -0.39 is 0 Å². The number of aromatic nitrogens is 2. The molecule has 3 aromatic rings. The summed E-state index contributed by atoms with van der Waals surface area (Å²) in [7, 11) is 0. The zero-order valence-corrected chi connectivity index (χ0v) is 17.2. The Balaban J connectivity index is 1.36. The Morgan fingerprint density at radius 3 is 2.61 bits per heavy atom. The third-order valence-corrected chi connectivity index (χ3v) is 6.69. The molecule has 0 aliphatic carbocycles. The van der Waals surface area contributed by atoms with Crippen molar-refractivity contribution in [2.75, 3.05) is 26.2 Å². The van der Waals surface area contributed by atoms with Crippen LogP contribution in [0.1, 0.15) is 28.1 Å². The van der Waals surface area contributed by atoms with Crippen molar-refractivity contribution >= 4 is 28.6 Å². The van der Waals surface area contributed by atoms with Crippen LogP contribution < -0.4 is 0 Å². The number of hydrogen-bond donors (Lipinski definition) is 0. The average molecular weight is 417 g/mol. The molecule has 2 aromatic heterocycles. The zero-order valence-electron chi connectivity index (χ0n) is 15.6. The quantitative estimate of drug-likeness (QED) is 0.632. The van der Waals surface area contributed by atoms with E-state index in [9.17, 15) is 9.18 Å². The van der Waals surface area contributed by atoms with Crippen LogP contribution in [0.2, 0.25) is 0 Å². The highest BCUT2D eigenvalue weighted by Crippen LogP contribution is 2.26. The van der Waals surface area contributed by atoms with Gasteiger partial charge in [0.1, 0.15) is 16.5 Å². The molecular weight excluding hydrogens is 395 g/mol. The van der Waals surface area contributed by atoms with Crippen LogP contribution in [0, 0.1) is 5.82 Å². The van der Waals surface area contributed by atoms with Gasteiger partial charge in [0, 0.05) is 49.0 Å². The molecule has 3 heterocycles. The fourth-order valence-corrected chi connectivity index (χ4v) is 4.77. The summed E-state index contributed by atoms with van der Waals surface area (Å²) in [5.41, 5.74) is 1.94. The van der Waals surface area contributed by atoms with Crippen LogP contribution >= 0.6 is 22.7 Å². The lowest BCUT2D eigenvalue weighted by Gasteiger charge is -2.34. The molecule has 1 aromatic carbocycles. The normalized spacial score (nSPS) is 15.1. The molecule has 8 heteroatoms. The second-order valence-electron chi connectivity index (χ2n) is 6.67. The van der Waals surface area contributed by atoms with Gasteiger partial charge in [0.2, 0.25) is 0 Å². The maximum absolute atomic E-state index is 13.9. The van der Waals surface area contributed by atoms with E-state index in [1.54, 1.807) is 34.9 Å². The SMILES string of the molecule is CCc1nc(CN2CCN(C(=O)c3csc(-c4ccccc4F)n3)CC2)cs1. The van der Waals surface area contributed by atoms with Crippen molar-refractivity contribution in [2.24, 2.45) is 0 Å². The molecule has 0 spiro atoms. The van der Waals surface area contributed by atoms with Crippen LogP contribution in [0.3, 0.4) is 0 Å². The molecule has 28 heavy (non-hydrogen) atoms. The van der Waals surface area contributed by atoms with Crippen molar-refractivity contribution in [3.63, 3.8) is 0 Å². The third kappa shape index (κ3) is 4.14. The molecular formula is C20H21FN4OS2. The van der Waals surface area contributed by atoms with Crippen molar-refractivity contribution in [1.82, 2.24) is 19.8 Å². The number of benzene rings is 1. The number of carbonyl (C=O) groups excluding carboxylic acids is 1. The number of halogens is 1. The predicted octanol–water partition coefficient (Wildman–Crippen LogP) is 3.93. The third-order valence-electron chi connectivity index (χ3n) is 4.77. The summed E-state index contributed by atoms with van der Waals surface area (Å²) >= 11 is 3.01. The fourth-order valence-electron chi connectivity index (χ4n) is 3.21. The van der Waals surface area contributed by atoms with Gasteiger partial charge in [-0.25, -0.2) is 14.4 Å².